The Morgan fingerprint density at radius 1 is 1.24 bits per heavy atom. The third-order valence-electron chi connectivity index (χ3n) is 3.67. The highest BCUT2D eigenvalue weighted by Gasteiger charge is 2.30. The van der Waals surface area contributed by atoms with Gasteiger partial charge in [-0.2, -0.15) is 0 Å². The summed E-state index contributed by atoms with van der Waals surface area (Å²) >= 11 is 0. The second-order valence-corrected chi connectivity index (χ2v) is 5.03. The van der Waals surface area contributed by atoms with Crippen molar-refractivity contribution in [2.24, 2.45) is 5.92 Å². The van der Waals surface area contributed by atoms with Crippen LogP contribution in [0, 0.1) is 5.92 Å². The molecule has 3 heteroatoms. The molecule has 0 radical (unpaired) electrons. The first-order valence-electron chi connectivity index (χ1n) is 6.40. The Morgan fingerprint density at radius 3 is 2.94 bits per heavy atom. The van der Waals surface area contributed by atoms with Crippen molar-refractivity contribution in [2.45, 2.75) is 25.4 Å². The summed E-state index contributed by atoms with van der Waals surface area (Å²) in [5.74, 6) is 1.53. The SMILES string of the molecule is CC1COc2ccccc2C1NC1CCOC1. The molecule has 2 aliphatic heterocycles. The lowest BCUT2D eigenvalue weighted by molar-refractivity contribution is 0.164. The molecule has 1 saturated heterocycles. The molecule has 1 fully saturated rings. The fourth-order valence-corrected chi connectivity index (χ4v) is 2.67. The summed E-state index contributed by atoms with van der Waals surface area (Å²) in [6, 6.07) is 9.23. The number of benzene rings is 1. The van der Waals surface area contributed by atoms with Crippen molar-refractivity contribution in [1.82, 2.24) is 5.32 Å². The lowest BCUT2D eigenvalue weighted by atomic mass is 9.91. The molecule has 17 heavy (non-hydrogen) atoms. The number of nitrogens with one attached hydrogen (secondary N) is 1. The highest BCUT2D eigenvalue weighted by atomic mass is 16.5. The van der Waals surface area contributed by atoms with Crippen LogP contribution in [-0.2, 0) is 4.74 Å². The number of ether oxygens (including phenoxy) is 2. The predicted octanol–water partition coefficient (Wildman–Crippen LogP) is 2.13. The normalized spacial score (nSPS) is 31.9. The number of hydrogen-bond acceptors (Lipinski definition) is 3. The van der Waals surface area contributed by atoms with Crippen molar-refractivity contribution in [3.63, 3.8) is 0 Å². The minimum atomic E-state index is 0.395. The van der Waals surface area contributed by atoms with Gasteiger partial charge in [-0.3, -0.25) is 0 Å². The zero-order valence-corrected chi connectivity index (χ0v) is 10.2. The van der Waals surface area contributed by atoms with Crippen LogP contribution in [-0.4, -0.2) is 25.9 Å². The molecular formula is C14H19NO2. The van der Waals surface area contributed by atoms with Gasteiger partial charge in [-0.05, 0) is 12.5 Å². The fourth-order valence-electron chi connectivity index (χ4n) is 2.67. The van der Waals surface area contributed by atoms with Gasteiger partial charge >= 0.3 is 0 Å². The van der Waals surface area contributed by atoms with Crippen LogP contribution in [0.1, 0.15) is 24.9 Å². The van der Waals surface area contributed by atoms with Gasteiger partial charge in [-0.15, -0.1) is 0 Å². The van der Waals surface area contributed by atoms with Crippen molar-refractivity contribution in [3.8, 4) is 5.75 Å². The van der Waals surface area contributed by atoms with Gasteiger partial charge in [0.15, 0.2) is 0 Å². The molecule has 1 aromatic rings. The smallest absolute Gasteiger partial charge is 0.124 e. The van der Waals surface area contributed by atoms with Crippen LogP contribution >= 0.6 is 0 Å². The first-order chi connectivity index (χ1) is 8.34. The Kier molecular flexibility index (Phi) is 3.04. The number of hydrogen-bond donors (Lipinski definition) is 1. The molecule has 0 saturated carbocycles. The Labute approximate surface area is 102 Å². The van der Waals surface area contributed by atoms with E-state index in [1.807, 2.05) is 6.07 Å². The summed E-state index contributed by atoms with van der Waals surface area (Å²) in [4.78, 5) is 0. The van der Waals surface area contributed by atoms with Gasteiger partial charge in [0.05, 0.1) is 13.2 Å². The maximum Gasteiger partial charge on any atom is 0.124 e. The monoisotopic (exact) mass is 233 g/mol. The molecule has 1 aromatic carbocycles. The minimum absolute atomic E-state index is 0.395. The standard InChI is InChI=1S/C14H19NO2/c1-10-8-17-13-5-3-2-4-12(13)14(10)15-11-6-7-16-9-11/h2-5,10-11,14-15H,6-9H2,1H3. The lowest BCUT2D eigenvalue weighted by Gasteiger charge is -2.33. The molecule has 2 aliphatic rings. The van der Waals surface area contributed by atoms with E-state index in [0.29, 0.717) is 18.0 Å². The van der Waals surface area contributed by atoms with Gasteiger partial charge in [-0.1, -0.05) is 25.1 Å². The summed E-state index contributed by atoms with van der Waals surface area (Å²) < 4.78 is 11.2. The average Bonchev–Trinajstić information content (AvgIpc) is 2.86. The molecule has 0 bridgehead atoms. The van der Waals surface area contributed by atoms with Gasteiger partial charge in [0.1, 0.15) is 5.75 Å². The van der Waals surface area contributed by atoms with E-state index in [1.54, 1.807) is 0 Å². The lowest BCUT2D eigenvalue weighted by Crippen LogP contribution is -2.40. The van der Waals surface area contributed by atoms with E-state index in [2.05, 4.69) is 30.4 Å². The molecule has 3 nitrogen and oxygen atoms in total. The summed E-state index contributed by atoms with van der Waals surface area (Å²) in [5, 5.41) is 3.72. The minimum Gasteiger partial charge on any atom is -0.493 e. The molecule has 3 unspecified atom stereocenters. The van der Waals surface area contributed by atoms with Crippen LogP contribution in [0.25, 0.3) is 0 Å². The van der Waals surface area contributed by atoms with Crippen LogP contribution in [0.3, 0.4) is 0 Å². The third kappa shape index (κ3) is 2.17. The quantitative estimate of drug-likeness (QED) is 0.849. The number of rotatable bonds is 2. The van der Waals surface area contributed by atoms with E-state index < -0.39 is 0 Å². The topological polar surface area (TPSA) is 30.5 Å². The third-order valence-corrected chi connectivity index (χ3v) is 3.67. The summed E-state index contributed by atoms with van der Waals surface area (Å²) in [7, 11) is 0. The second kappa shape index (κ2) is 4.67. The second-order valence-electron chi connectivity index (χ2n) is 5.03. The van der Waals surface area contributed by atoms with Crippen molar-refractivity contribution in [3.05, 3.63) is 29.8 Å². The molecule has 0 amide bonds. The van der Waals surface area contributed by atoms with Crippen LogP contribution in [0.15, 0.2) is 24.3 Å². The van der Waals surface area contributed by atoms with E-state index in [4.69, 9.17) is 9.47 Å². The van der Waals surface area contributed by atoms with Crippen molar-refractivity contribution >= 4 is 0 Å². The van der Waals surface area contributed by atoms with Gasteiger partial charge < -0.3 is 14.8 Å². The van der Waals surface area contributed by atoms with Crippen LogP contribution in [0.4, 0.5) is 0 Å². The largest absolute Gasteiger partial charge is 0.493 e. The maximum absolute atomic E-state index is 5.76. The van der Waals surface area contributed by atoms with Crippen molar-refractivity contribution in [2.75, 3.05) is 19.8 Å². The Bertz CT molecular complexity index is 388. The van der Waals surface area contributed by atoms with E-state index in [-0.39, 0.29) is 0 Å². The first kappa shape index (κ1) is 11.1. The van der Waals surface area contributed by atoms with Crippen LogP contribution in [0.2, 0.25) is 0 Å². The van der Waals surface area contributed by atoms with Gasteiger partial charge in [0, 0.05) is 30.2 Å². The Morgan fingerprint density at radius 2 is 2.12 bits per heavy atom. The molecule has 0 aromatic heterocycles. The van der Waals surface area contributed by atoms with Gasteiger partial charge in [0.2, 0.25) is 0 Å². The van der Waals surface area contributed by atoms with E-state index in [0.717, 1.165) is 32.0 Å². The van der Waals surface area contributed by atoms with Crippen LogP contribution < -0.4 is 10.1 Å². The highest BCUT2D eigenvalue weighted by molar-refractivity contribution is 5.38. The highest BCUT2D eigenvalue weighted by Crippen LogP contribution is 2.35. The maximum atomic E-state index is 5.76. The molecule has 0 spiro atoms. The molecule has 0 aliphatic carbocycles. The molecule has 1 N–H and O–H groups in total. The Hall–Kier alpha value is -1.06. The average molecular weight is 233 g/mol. The first-order valence-corrected chi connectivity index (χ1v) is 6.40. The van der Waals surface area contributed by atoms with Crippen molar-refractivity contribution < 1.29 is 9.47 Å². The van der Waals surface area contributed by atoms with E-state index in [1.165, 1.54) is 5.56 Å². The predicted molar refractivity (Wildman–Crippen MR) is 66.2 cm³/mol. The zero-order valence-electron chi connectivity index (χ0n) is 10.2. The summed E-state index contributed by atoms with van der Waals surface area (Å²) in [6.07, 6.45) is 1.12. The van der Waals surface area contributed by atoms with Gasteiger partial charge in [-0.25, -0.2) is 0 Å². The van der Waals surface area contributed by atoms with E-state index >= 15 is 0 Å². The fraction of sp³-hybridized carbons (Fsp3) is 0.571. The molecule has 2 heterocycles. The molecule has 3 atom stereocenters. The summed E-state index contributed by atoms with van der Waals surface area (Å²) in [5.41, 5.74) is 1.29. The van der Waals surface area contributed by atoms with Crippen molar-refractivity contribution in [1.29, 1.82) is 0 Å². The zero-order chi connectivity index (χ0) is 11.7. The van der Waals surface area contributed by atoms with Crippen LogP contribution in [0.5, 0.6) is 5.75 Å². The summed E-state index contributed by atoms with van der Waals surface area (Å²) in [6.45, 7) is 4.76. The number of fused-ring (bicyclic) bond motifs is 1. The number of para-hydroxylation sites is 1. The molecule has 3 rings (SSSR count). The molecule has 92 valence electrons. The molecular weight excluding hydrogens is 214 g/mol. The van der Waals surface area contributed by atoms with E-state index in [9.17, 15) is 0 Å². The van der Waals surface area contributed by atoms with Gasteiger partial charge in [0.25, 0.3) is 0 Å². The Balaban J connectivity index is 1.81.